The van der Waals surface area contributed by atoms with Crippen LogP contribution in [0.3, 0.4) is 0 Å². The van der Waals surface area contributed by atoms with Gasteiger partial charge in [-0.3, -0.25) is 9.59 Å². The summed E-state index contributed by atoms with van der Waals surface area (Å²) in [5.41, 5.74) is 0.352. The average molecular weight is 465 g/mol. The molecule has 0 saturated heterocycles. The van der Waals surface area contributed by atoms with E-state index in [0.29, 0.717) is 28.0 Å². The van der Waals surface area contributed by atoms with Crippen molar-refractivity contribution in [3.63, 3.8) is 0 Å². The zero-order valence-electron chi connectivity index (χ0n) is 16.3. The summed E-state index contributed by atoms with van der Waals surface area (Å²) >= 11 is 6.33. The number of phenolic OH excluding ortho intramolecular Hbond substituents is 1. The molecule has 0 aromatic heterocycles. The molecule has 5 nitrogen and oxygen atoms in total. The number of carboxylic acids is 1. The normalized spacial score (nSPS) is 11.2. The lowest BCUT2D eigenvalue weighted by molar-refractivity contribution is -0.139. The van der Waals surface area contributed by atoms with Crippen LogP contribution in [0.5, 0.6) is 11.5 Å². The lowest BCUT2D eigenvalue weighted by Gasteiger charge is -2.14. The Morgan fingerprint density at radius 2 is 1.75 bits per heavy atom. The van der Waals surface area contributed by atoms with Gasteiger partial charge in [0.1, 0.15) is 18.1 Å². The molecule has 0 fully saturated rings. The summed E-state index contributed by atoms with van der Waals surface area (Å²) in [4.78, 5) is 22.0. The van der Waals surface area contributed by atoms with Crippen molar-refractivity contribution in [3.8, 4) is 22.6 Å². The predicted octanol–water partition coefficient (Wildman–Crippen LogP) is 5.75. The maximum absolute atomic E-state index is 12.9. The number of aliphatic carboxylic acids is 1. The van der Waals surface area contributed by atoms with E-state index >= 15 is 0 Å². The lowest BCUT2D eigenvalue weighted by Crippen LogP contribution is -2.09. The molecule has 0 aliphatic rings. The summed E-state index contributed by atoms with van der Waals surface area (Å²) in [7, 11) is 0. The first-order valence-corrected chi connectivity index (χ1v) is 9.58. The molecule has 0 bridgehead atoms. The topological polar surface area (TPSA) is 83.8 Å². The molecule has 0 aliphatic heterocycles. The van der Waals surface area contributed by atoms with Crippen LogP contribution in [0.4, 0.5) is 13.2 Å². The van der Waals surface area contributed by atoms with Crippen LogP contribution in [-0.4, -0.2) is 22.5 Å². The number of aldehydes is 1. The van der Waals surface area contributed by atoms with Crippen molar-refractivity contribution in [1.82, 2.24) is 0 Å². The van der Waals surface area contributed by atoms with E-state index in [-0.39, 0.29) is 24.9 Å². The van der Waals surface area contributed by atoms with Gasteiger partial charge in [-0.1, -0.05) is 41.9 Å². The third-order valence-corrected chi connectivity index (χ3v) is 5.00. The number of phenols is 1. The van der Waals surface area contributed by atoms with Crippen LogP contribution in [-0.2, 0) is 24.0 Å². The Morgan fingerprint density at radius 1 is 1.06 bits per heavy atom. The summed E-state index contributed by atoms with van der Waals surface area (Å²) in [6, 6.07) is 13.4. The number of carbonyl (C=O) groups excluding carboxylic acids is 1. The van der Waals surface area contributed by atoms with E-state index in [0.717, 1.165) is 11.6 Å². The van der Waals surface area contributed by atoms with Crippen molar-refractivity contribution < 1.29 is 37.7 Å². The number of aromatic hydroxyl groups is 1. The molecule has 166 valence electrons. The fourth-order valence-corrected chi connectivity index (χ4v) is 3.37. The van der Waals surface area contributed by atoms with Gasteiger partial charge < -0.3 is 14.9 Å². The SMILES string of the molecule is O=Cc1c(COc2ccc(-c3ccc(CC(=O)O)cc3)c(Cl)c2)ccc(C(F)(F)F)c1O. The number of ether oxygens (including phenoxy) is 1. The van der Waals surface area contributed by atoms with Gasteiger partial charge in [0.05, 0.1) is 22.6 Å². The molecule has 0 radical (unpaired) electrons. The Hall–Kier alpha value is -3.52. The van der Waals surface area contributed by atoms with Crippen molar-refractivity contribution in [2.75, 3.05) is 0 Å². The standard InChI is InChI=1S/C23H16ClF3O5/c24-20-10-16(6-7-17(20)14-3-1-13(2-4-14)9-21(29)30)32-12-15-5-8-19(23(25,26)27)22(31)18(15)11-28/h1-8,10-11,31H,9,12H2,(H,29,30). The first-order valence-electron chi connectivity index (χ1n) is 9.21. The molecule has 0 heterocycles. The number of hydrogen-bond donors (Lipinski definition) is 2. The molecule has 32 heavy (non-hydrogen) atoms. The van der Waals surface area contributed by atoms with E-state index in [1.807, 2.05) is 0 Å². The van der Waals surface area contributed by atoms with E-state index in [2.05, 4.69) is 0 Å². The maximum Gasteiger partial charge on any atom is 0.419 e. The number of rotatable bonds is 7. The largest absolute Gasteiger partial charge is 0.507 e. The van der Waals surface area contributed by atoms with Gasteiger partial charge in [-0.05, 0) is 35.4 Å². The number of hydrogen-bond acceptors (Lipinski definition) is 4. The predicted molar refractivity (Wildman–Crippen MR) is 111 cm³/mol. The quantitative estimate of drug-likeness (QED) is 0.435. The molecule has 0 atom stereocenters. The molecule has 3 aromatic rings. The van der Waals surface area contributed by atoms with Gasteiger partial charge in [-0.25, -0.2) is 0 Å². The van der Waals surface area contributed by atoms with E-state index in [9.17, 15) is 27.9 Å². The zero-order chi connectivity index (χ0) is 23.5. The van der Waals surface area contributed by atoms with Crippen molar-refractivity contribution in [1.29, 1.82) is 0 Å². The van der Waals surface area contributed by atoms with Gasteiger partial charge in [-0.2, -0.15) is 13.2 Å². The van der Waals surface area contributed by atoms with Crippen LogP contribution < -0.4 is 4.74 Å². The minimum atomic E-state index is -4.80. The summed E-state index contributed by atoms with van der Waals surface area (Å²) in [6.45, 7) is -0.265. The van der Waals surface area contributed by atoms with Crippen LogP contribution >= 0.6 is 11.6 Å². The third kappa shape index (κ3) is 5.20. The highest BCUT2D eigenvalue weighted by molar-refractivity contribution is 6.33. The monoisotopic (exact) mass is 464 g/mol. The van der Waals surface area contributed by atoms with Crippen LogP contribution in [0, 0.1) is 0 Å². The minimum absolute atomic E-state index is 0.0831. The molecule has 0 spiro atoms. The Morgan fingerprint density at radius 3 is 2.31 bits per heavy atom. The Kier molecular flexibility index (Phi) is 6.74. The summed E-state index contributed by atoms with van der Waals surface area (Å²) in [6.07, 6.45) is -4.74. The Balaban J connectivity index is 1.77. The maximum atomic E-state index is 12.9. The fourth-order valence-electron chi connectivity index (χ4n) is 3.09. The zero-order valence-corrected chi connectivity index (χ0v) is 17.1. The van der Waals surface area contributed by atoms with Gasteiger partial charge >= 0.3 is 12.1 Å². The number of carbonyl (C=O) groups is 2. The third-order valence-electron chi connectivity index (χ3n) is 4.69. The van der Waals surface area contributed by atoms with E-state index in [1.54, 1.807) is 36.4 Å². The van der Waals surface area contributed by atoms with Crippen molar-refractivity contribution >= 4 is 23.9 Å². The van der Waals surface area contributed by atoms with Crippen molar-refractivity contribution in [3.05, 3.63) is 81.9 Å². The summed E-state index contributed by atoms with van der Waals surface area (Å²) < 4.78 is 44.2. The smallest absolute Gasteiger partial charge is 0.419 e. The molecule has 2 N–H and O–H groups in total. The summed E-state index contributed by atoms with van der Waals surface area (Å²) in [5.74, 6) is -1.78. The van der Waals surface area contributed by atoms with Crippen LogP contribution in [0.1, 0.15) is 27.0 Å². The van der Waals surface area contributed by atoms with Gasteiger partial charge in [0, 0.05) is 11.1 Å². The van der Waals surface area contributed by atoms with Gasteiger partial charge in [-0.15, -0.1) is 0 Å². The molecular weight excluding hydrogens is 449 g/mol. The van der Waals surface area contributed by atoms with Gasteiger partial charge in [0.15, 0.2) is 6.29 Å². The molecule has 0 amide bonds. The number of alkyl halides is 3. The number of carboxylic acid groups (broad SMARTS) is 1. The highest BCUT2D eigenvalue weighted by Gasteiger charge is 2.35. The Labute approximate surface area is 185 Å². The van der Waals surface area contributed by atoms with Gasteiger partial charge in [0.2, 0.25) is 0 Å². The fraction of sp³-hybridized carbons (Fsp3) is 0.130. The molecule has 0 aliphatic carbocycles. The number of benzene rings is 3. The highest BCUT2D eigenvalue weighted by Crippen LogP contribution is 2.38. The van der Waals surface area contributed by atoms with Gasteiger partial charge in [0.25, 0.3) is 0 Å². The molecule has 0 unspecified atom stereocenters. The van der Waals surface area contributed by atoms with Crippen molar-refractivity contribution in [2.45, 2.75) is 19.2 Å². The molecule has 0 saturated carbocycles. The van der Waals surface area contributed by atoms with E-state index in [1.165, 1.54) is 6.07 Å². The molecule has 3 aromatic carbocycles. The average Bonchev–Trinajstić information content (AvgIpc) is 2.71. The second kappa shape index (κ2) is 9.32. The minimum Gasteiger partial charge on any atom is -0.507 e. The van der Waals surface area contributed by atoms with Crippen molar-refractivity contribution in [2.24, 2.45) is 0 Å². The van der Waals surface area contributed by atoms with E-state index in [4.69, 9.17) is 21.4 Å². The van der Waals surface area contributed by atoms with E-state index < -0.39 is 29.0 Å². The highest BCUT2D eigenvalue weighted by atomic mass is 35.5. The molecule has 9 heteroatoms. The lowest BCUT2D eigenvalue weighted by atomic mass is 10.0. The first-order chi connectivity index (χ1) is 15.1. The first kappa shape index (κ1) is 23.1. The molecular formula is C23H16ClF3O5. The van der Waals surface area contributed by atoms with Crippen LogP contribution in [0.2, 0.25) is 5.02 Å². The molecule has 3 rings (SSSR count). The Bertz CT molecular complexity index is 1160. The second-order valence-electron chi connectivity index (χ2n) is 6.85. The summed E-state index contributed by atoms with van der Waals surface area (Å²) in [5, 5.41) is 19.0. The number of halogens is 4. The van der Waals surface area contributed by atoms with Crippen LogP contribution in [0.15, 0.2) is 54.6 Å². The second-order valence-corrected chi connectivity index (χ2v) is 7.26. The van der Waals surface area contributed by atoms with Crippen LogP contribution in [0.25, 0.3) is 11.1 Å².